The molecule has 2 N–H and O–H groups in total. The third-order valence-corrected chi connectivity index (χ3v) is 2.88. The van der Waals surface area contributed by atoms with Gasteiger partial charge >= 0.3 is 6.18 Å². The minimum atomic E-state index is -4.37. The molecule has 3 nitrogen and oxygen atoms in total. The topological polar surface area (TPSA) is 49.3 Å². The number of hydrogen-bond donors (Lipinski definition) is 2. The number of carbonyl (C=O) groups excluding carboxylic acids is 1. The van der Waals surface area contributed by atoms with Crippen LogP contribution in [0.15, 0.2) is 24.3 Å². The number of alkyl halides is 3. The number of hydrogen-bond acceptors (Lipinski definition) is 2. The molecule has 0 aromatic heterocycles. The fourth-order valence-corrected chi connectivity index (χ4v) is 1.79. The van der Waals surface area contributed by atoms with Gasteiger partial charge in [-0.3, -0.25) is 4.79 Å². The number of carbonyl (C=O) groups is 1. The number of aliphatic hydroxyl groups excluding tert-OH is 1. The SMILES string of the molecule is CC(Cc1cccc(C(F)(F)F)c1)C(=O)NCCCO. The molecule has 0 heterocycles. The predicted octanol–water partition coefficient (Wildman–Crippen LogP) is 2.38. The average Bonchev–Trinajstić information content (AvgIpc) is 2.38. The van der Waals surface area contributed by atoms with Gasteiger partial charge in [0.15, 0.2) is 0 Å². The minimum absolute atomic E-state index is 0.0116. The Balaban J connectivity index is 2.62. The number of nitrogens with one attached hydrogen (secondary N) is 1. The molecule has 0 saturated carbocycles. The molecule has 112 valence electrons. The lowest BCUT2D eigenvalue weighted by atomic mass is 9.98. The van der Waals surface area contributed by atoms with Crippen molar-refractivity contribution in [3.05, 3.63) is 35.4 Å². The van der Waals surface area contributed by atoms with Gasteiger partial charge < -0.3 is 10.4 Å². The number of rotatable bonds is 6. The Labute approximate surface area is 115 Å². The maximum absolute atomic E-state index is 12.6. The monoisotopic (exact) mass is 289 g/mol. The van der Waals surface area contributed by atoms with Gasteiger partial charge in [0.05, 0.1) is 5.56 Å². The minimum Gasteiger partial charge on any atom is -0.396 e. The van der Waals surface area contributed by atoms with Crippen LogP contribution >= 0.6 is 0 Å². The second kappa shape index (κ2) is 7.28. The fourth-order valence-electron chi connectivity index (χ4n) is 1.79. The first-order valence-electron chi connectivity index (χ1n) is 6.39. The van der Waals surface area contributed by atoms with E-state index >= 15 is 0 Å². The Morgan fingerprint density at radius 2 is 2.10 bits per heavy atom. The van der Waals surface area contributed by atoms with Gasteiger partial charge in [0.1, 0.15) is 0 Å². The quantitative estimate of drug-likeness (QED) is 0.790. The van der Waals surface area contributed by atoms with Crippen LogP contribution in [0.5, 0.6) is 0 Å². The van der Waals surface area contributed by atoms with Crippen molar-refractivity contribution in [1.82, 2.24) is 5.32 Å². The van der Waals surface area contributed by atoms with Gasteiger partial charge in [0.25, 0.3) is 0 Å². The molecule has 1 amide bonds. The van der Waals surface area contributed by atoms with E-state index in [0.29, 0.717) is 18.5 Å². The third kappa shape index (κ3) is 5.21. The summed E-state index contributed by atoms with van der Waals surface area (Å²) in [7, 11) is 0. The van der Waals surface area contributed by atoms with E-state index in [-0.39, 0.29) is 18.9 Å². The number of aliphatic hydroxyl groups is 1. The molecule has 0 bridgehead atoms. The van der Waals surface area contributed by atoms with Crippen molar-refractivity contribution in [1.29, 1.82) is 0 Å². The maximum Gasteiger partial charge on any atom is 0.416 e. The van der Waals surface area contributed by atoms with Gasteiger partial charge in [-0.2, -0.15) is 13.2 Å². The lowest BCUT2D eigenvalue weighted by Gasteiger charge is -2.13. The summed E-state index contributed by atoms with van der Waals surface area (Å²) in [5, 5.41) is 11.2. The van der Waals surface area contributed by atoms with Gasteiger partial charge in [-0.05, 0) is 24.5 Å². The van der Waals surface area contributed by atoms with E-state index in [0.717, 1.165) is 12.1 Å². The van der Waals surface area contributed by atoms with E-state index in [2.05, 4.69) is 5.32 Å². The van der Waals surface area contributed by atoms with Gasteiger partial charge in [-0.15, -0.1) is 0 Å². The highest BCUT2D eigenvalue weighted by Gasteiger charge is 2.30. The first kappa shape index (κ1) is 16.5. The number of benzene rings is 1. The van der Waals surface area contributed by atoms with Crippen LogP contribution in [0, 0.1) is 5.92 Å². The van der Waals surface area contributed by atoms with Gasteiger partial charge in [0.2, 0.25) is 5.91 Å². The first-order chi connectivity index (χ1) is 9.34. The Kier molecular flexibility index (Phi) is 6.01. The summed E-state index contributed by atoms with van der Waals surface area (Å²) in [6, 6.07) is 4.99. The predicted molar refractivity (Wildman–Crippen MR) is 69.0 cm³/mol. The highest BCUT2D eigenvalue weighted by Crippen LogP contribution is 2.29. The first-order valence-corrected chi connectivity index (χ1v) is 6.39. The molecule has 0 fully saturated rings. The fraction of sp³-hybridized carbons (Fsp3) is 0.500. The molecule has 0 aliphatic carbocycles. The summed E-state index contributed by atoms with van der Waals surface area (Å²) in [5.74, 6) is -0.645. The lowest BCUT2D eigenvalue weighted by Crippen LogP contribution is -2.31. The van der Waals surface area contributed by atoms with Crippen molar-refractivity contribution in [2.75, 3.05) is 13.2 Å². The van der Waals surface area contributed by atoms with Crippen molar-refractivity contribution >= 4 is 5.91 Å². The normalized spacial score (nSPS) is 13.1. The molecule has 0 radical (unpaired) electrons. The molecule has 1 aromatic carbocycles. The van der Waals surface area contributed by atoms with Crippen molar-refractivity contribution < 1.29 is 23.1 Å². The molecule has 1 atom stereocenters. The second-order valence-corrected chi connectivity index (χ2v) is 4.67. The van der Waals surface area contributed by atoms with E-state index in [9.17, 15) is 18.0 Å². The zero-order valence-electron chi connectivity index (χ0n) is 11.2. The van der Waals surface area contributed by atoms with Gasteiger partial charge in [0, 0.05) is 19.1 Å². The molecule has 0 saturated heterocycles. The molecule has 6 heteroatoms. The van der Waals surface area contributed by atoms with Crippen LogP contribution in [-0.2, 0) is 17.4 Å². The molecule has 1 aromatic rings. The molecule has 0 aliphatic heterocycles. The second-order valence-electron chi connectivity index (χ2n) is 4.67. The lowest BCUT2D eigenvalue weighted by molar-refractivity contribution is -0.137. The van der Waals surface area contributed by atoms with Gasteiger partial charge in [-0.25, -0.2) is 0 Å². The van der Waals surface area contributed by atoms with Crippen molar-refractivity contribution in [3.8, 4) is 0 Å². The van der Waals surface area contributed by atoms with E-state index in [4.69, 9.17) is 5.11 Å². The smallest absolute Gasteiger partial charge is 0.396 e. The molecule has 20 heavy (non-hydrogen) atoms. The Morgan fingerprint density at radius 1 is 1.40 bits per heavy atom. The van der Waals surface area contributed by atoms with E-state index < -0.39 is 17.7 Å². The van der Waals surface area contributed by atoms with E-state index in [1.807, 2.05) is 0 Å². The molecule has 0 spiro atoms. The van der Waals surface area contributed by atoms with E-state index in [1.54, 1.807) is 13.0 Å². The van der Waals surface area contributed by atoms with Crippen molar-refractivity contribution in [3.63, 3.8) is 0 Å². The van der Waals surface area contributed by atoms with Crippen LogP contribution in [0.1, 0.15) is 24.5 Å². The number of amides is 1. The van der Waals surface area contributed by atoms with Crippen LogP contribution in [0.2, 0.25) is 0 Å². The Hall–Kier alpha value is -1.56. The number of halogens is 3. The zero-order valence-corrected chi connectivity index (χ0v) is 11.2. The van der Waals surface area contributed by atoms with Crippen LogP contribution in [0.4, 0.5) is 13.2 Å². The maximum atomic E-state index is 12.6. The molecular weight excluding hydrogens is 271 g/mol. The molecule has 0 aliphatic rings. The van der Waals surface area contributed by atoms with Crippen LogP contribution < -0.4 is 5.32 Å². The van der Waals surface area contributed by atoms with Crippen LogP contribution in [0.3, 0.4) is 0 Å². The Bertz CT molecular complexity index is 446. The highest BCUT2D eigenvalue weighted by atomic mass is 19.4. The third-order valence-electron chi connectivity index (χ3n) is 2.88. The Morgan fingerprint density at radius 3 is 2.70 bits per heavy atom. The summed E-state index contributed by atoms with van der Waals surface area (Å²) < 4.78 is 37.7. The molecule has 1 rings (SSSR count). The van der Waals surface area contributed by atoms with Crippen molar-refractivity contribution in [2.24, 2.45) is 5.92 Å². The highest BCUT2D eigenvalue weighted by molar-refractivity contribution is 5.78. The van der Waals surface area contributed by atoms with Crippen LogP contribution in [-0.4, -0.2) is 24.2 Å². The summed E-state index contributed by atoms with van der Waals surface area (Å²) in [4.78, 5) is 11.7. The van der Waals surface area contributed by atoms with Gasteiger partial charge in [-0.1, -0.05) is 25.1 Å². The standard InChI is InChI=1S/C14H18F3NO2/c1-10(13(20)18-6-3-7-19)8-11-4-2-5-12(9-11)14(15,16)17/h2,4-5,9-10,19H,3,6-8H2,1H3,(H,18,20). The van der Waals surface area contributed by atoms with Crippen molar-refractivity contribution in [2.45, 2.75) is 25.9 Å². The summed E-state index contributed by atoms with van der Waals surface area (Å²) >= 11 is 0. The molecular formula is C14H18F3NO2. The summed E-state index contributed by atoms with van der Waals surface area (Å²) in [6.45, 7) is 2.01. The summed E-state index contributed by atoms with van der Waals surface area (Å²) in [5.41, 5.74) is -0.229. The molecule has 1 unspecified atom stereocenters. The summed E-state index contributed by atoms with van der Waals surface area (Å²) in [6.07, 6.45) is -3.67. The largest absolute Gasteiger partial charge is 0.416 e. The van der Waals surface area contributed by atoms with Crippen LogP contribution in [0.25, 0.3) is 0 Å². The average molecular weight is 289 g/mol. The van der Waals surface area contributed by atoms with E-state index in [1.165, 1.54) is 6.07 Å². The zero-order chi connectivity index (χ0) is 15.2.